The predicted molar refractivity (Wildman–Crippen MR) is 93.1 cm³/mol. The summed E-state index contributed by atoms with van der Waals surface area (Å²) in [4.78, 5) is 11.7. The first kappa shape index (κ1) is 16.2. The third kappa shape index (κ3) is 4.99. The Bertz CT molecular complexity index is 629. The predicted octanol–water partition coefficient (Wildman–Crippen LogP) is 4.65. The summed E-state index contributed by atoms with van der Waals surface area (Å²) in [5.41, 5.74) is 3.63. The van der Waals surface area contributed by atoms with Crippen LogP contribution >= 0.6 is 0 Å². The van der Waals surface area contributed by atoms with Crippen LogP contribution in [0.15, 0.2) is 47.6 Å². The lowest BCUT2D eigenvalue weighted by molar-refractivity contribution is -0.121. The van der Waals surface area contributed by atoms with Gasteiger partial charge in [0, 0.05) is 12.0 Å². The van der Waals surface area contributed by atoms with E-state index in [9.17, 15) is 4.79 Å². The molecule has 3 heteroatoms. The van der Waals surface area contributed by atoms with Crippen molar-refractivity contribution in [2.24, 2.45) is 5.10 Å². The Morgan fingerprint density at radius 3 is 2.68 bits per heavy atom. The number of unbranched alkanes of at least 4 members (excludes halogenated alkanes) is 4. The van der Waals surface area contributed by atoms with E-state index in [-0.39, 0.29) is 5.91 Å². The molecule has 0 fully saturated rings. The highest BCUT2D eigenvalue weighted by atomic mass is 16.2. The Balaban J connectivity index is 1.82. The van der Waals surface area contributed by atoms with Gasteiger partial charge in [-0.1, -0.05) is 75.1 Å². The zero-order valence-corrected chi connectivity index (χ0v) is 13.2. The van der Waals surface area contributed by atoms with Gasteiger partial charge in [0.15, 0.2) is 0 Å². The number of benzene rings is 2. The summed E-state index contributed by atoms with van der Waals surface area (Å²) < 4.78 is 0. The van der Waals surface area contributed by atoms with Crippen LogP contribution in [-0.2, 0) is 4.79 Å². The number of hydrogen-bond acceptors (Lipinski definition) is 2. The molecule has 22 heavy (non-hydrogen) atoms. The summed E-state index contributed by atoms with van der Waals surface area (Å²) in [6.45, 7) is 2.19. The molecule has 2 aromatic carbocycles. The van der Waals surface area contributed by atoms with Crippen molar-refractivity contribution in [1.29, 1.82) is 0 Å². The zero-order valence-electron chi connectivity index (χ0n) is 13.2. The van der Waals surface area contributed by atoms with Gasteiger partial charge in [-0.3, -0.25) is 4.79 Å². The Morgan fingerprint density at radius 1 is 1.05 bits per heavy atom. The largest absolute Gasteiger partial charge is 0.273 e. The smallest absolute Gasteiger partial charge is 0.240 e. The van der Waals surface area contributed by atoms with Crippen LogP contribution in [0.2, 0.25) is 0 Å². The number of amides is 1. The minimum Gasteiger partial charge on any atom is -0.273 e. The van der Waals surface area contributed by atoms with Crippen LogP contribution in [0.25, 0.3) is 10.8 Å². The Kier molecular flexibility index (Phi) is 6.62. The van der Waals surface area contributed by atoms with Crippen molar-refractivity contribution in [1.82, 2.24) is 5.43 Å². The van der Waals surface area contributed by atoms with Gasteiger partial charge in [-0.15, -0.1) is 0 Å². The van der Waals surface area contributed by atoms with Crippen molar-refractivity contribution >= 4 is 22.9 Å². The molecule has 0 aliphatic heterocycles. The molecule has 2 aromatic rings. The van der Waals surface area contributed by atoms with E-state index < -0.39 is 0 Å². The minimum atomic E-state index is -0.00650. The molecule has 1 amide bonds. The fourth-order valence-electron chi connectivity index (χ4n) is 2.48. The number of carbonyl (C=O) groups excluding carboxylic acids is 1. The molecule has 2 rings (SSSR count). The number of hydrogen-bond donors (Lipinski definition) is 1. The van der Waals surface area contributed by atoms with Crippen molar-refractivity contribution in [3.8, 4) is 0 Å². The molecule has 0 bridgehead atoms. The van der Waals surface area contributed by atoms with E-state index in [0.29, 0.717) is 6.42 Å². The van der Waals surface area contributed by atoms with Gasteiger partial charge < -0.3 is 0 Å². The number of carbonyl (C=O) groups is 1. The fraction of sp³-hybridized carbons (Fsp3) is 0.368. The maximum Gasteiger partial charge on any atom is 0.240 e. The second-order valence-corrected chi connectivity index (χ2v) is 5.53. The molecule has 0 aromatic heterocycles. The SMILES string of the molecule is CCCCCCCC(=O)N/N=C\c1cccc2ccccc12. The highest BCUT2D eigenvalue weighted by molar-refractivity contribution is 5.99. The molecule has 0 saturated heterocycles. The first-order chi connectivity index (χ1) is 10.8. The van der Waals surface area contributed by atoms with Gasteiger partial charge in [0.05, 0.1) is 6.21 Å². The molecule has 0 unspecified atom stereocenters. The summed E-state index contributed by atoms with van der Waals surface area (Å²) in [6.07, 6.45) is 8.02. The van der Waals surface area contributed by atoms with Crippen molar-refractivity contribution < 1.29 is 4.79 Å². The molecule has 0 atom stereocenters. The summed E-state index contributed by atoms with van der Waals surface area (Å²) in [7, 11) is 0. The first-order valence-corrected chi connectivity index (χ1v) is 8.11. The molecule has 3 nitrogen and oxygen atoms in total. The van der Waals surface area contributed by atoms with Crippen LogP contribution in [0.5, 0.6) is 0 Å². The van der Waals surface area contributed by atoms with E-state index in [0.717, 1.165) is 23.8 Å². The first-order valence-electron chi connectivity index (χ1n) is 8.11. The molecule has 0 heterocycles. The average Bonchev–Trinajstić information content (AvgIpc) is 2.55. The lowest BCUT2D eigenvalue weighted by Crippen LogP contribution is -2.16. The van der Waals surface area contributed by atoms with Gasteiger partial charge >= 0.3 is 0 Å². The summed E-state index contributed by atoms with van der Waals surface area (Å²) in [6, 6.07) is 14.2. The van der Waals surface area contributed by atoms with Gasteiger partial charge in [-0.05, 0) is 17.2 Å². The van der Waals surface area contributed by atoms with Gasteiger partial charge in [-0.25, -0.2) is 5.43 Å². The van der Waals surface area contributed by atoms with Crippen LogP contribution in [-0.4, -0.2) is 12.1 Å². The maximum atomic E-state index is 11.7. The molecule has 116 valence electrons. The van der Waals surface area contributed by atoms with E-state index in [1.165, 1.54) is 24.6 Å². The molecule has 0 spiro atoms. The van der Waals surface area contributed by atoms with E-state index in [2.05, 4.69) is 35.7 Å². The topological polar surface area (TPSA) is 41.5 Å². The van der Waals surface area contributed by atoms with Crippen LogP contribution in [0.4, 0.5) is 0 Å². The Labute approximate surface area is 132 Å². The Morgan fingerprint density at radius 2 is 1.82 bits per heavy atom. The molecule has 0 saturated carbocycles. The monoisotopic (exact) mass is 296 g/mol. The highest BCUT2D eigenvalue weighted by Gasteiger charge is 2.00. The molecule has 1 N–H and O–H groups in total. The summed E-state index contributed by atoms with van der Waals surface area (Å²) >= 11 is 0. The van der Waals surface area contributed by atoms with E-state index in [1.807, 2.05) is 24.3 Å². The van der Waals surface area contributed by atoms with Crippen molar-refractivity contribution in [2.75, 3.05) is 0 Å². The van der Waals surface area contributed by atoms with Gasteiger partial charge in [-0.2, -0.15) is 5.10 Å². The van der Waals surface area contributed by atoms with E-state index in [4.69, 9.17) is 0 Å². The van der Waals surface area contributed by atoms with Gasteiger partial charge in [0.25, 0.3) is 0 Å². The lowest BCUT2D eigenvalue weighted by Gasteiger charge is -2.02. The fourth-order valence-corrected chi connectivity index (χ4v) is 2.48. The molecule has 0 radical (unpaired) electrons. The molecular formula is C19H24N2O. The number of nitrogens with zero attached hydrogens (tertiary/aromatic N) is 1. The summed E-state index contributed by atoms with van der Waals surface area (Å²) in [5.74, 6) is -0.00650. The third-order valence-corrected chi connectivity index (χ3v) is 3.72. The van der Waals surface area contributed by atoms with Gasteiger partial charge in [0.2, 0.25) is 5.91 Å². The third-order valence-electron chi connectivity index (χ3n) is 3.72. The molecule has 0 aliphatic rings. The normalized spacial score (nSPS) is 11.1. The second-order valence-electron chi connectivity index (χ2n) is 5.53. The van der Waals surface area contributed by atoms with Crippen molar-refractivity contribution in [2.45, 2.75) is 45.4 Å². The molecular weight excluding hydrogens is 272 g/mol. The number of hydrazone groups is 1. The number of rotatable bonds is 8. The average molecular weight is 296 g/mol. The van der Waals surface area contributed by atoms with Crippen molar-refractivity contribution in [3.63, 3.8) is 0 Å². The summed E-state index contributed by atoms with van der Waals surface area (Å²) in [5, 5.41) is 6.40. The molecule has 0 aliphatic carbocycles. The standard InChI is InChI=1S/C19H24N2O/c1-2-3-4-5-6-14-19(22)21-20-15-17-12-9-11-16-10-7-8-13-18(16)17/h7-13,15H,2-6,14H2,1H3,(H,21,22)/b20-15-. The van der Waals surface area contributed by atoms with Crippen LogP contribution < -0.4 is 5.43 Å². The maximum absolute atomic E-state index is 11.7. The van der Waals surface area contributed by atoms with Gasteiger partial charge in [0.1, 0.15) is 0 Å². The quantitative estimate of drug-likeness (QED) is 0.430. The lowest BCUT2D eigenvalue weighted by atomic mass is 10.1. The van der Waals surface area contributed by atoms with Crippen LogP contribution in [0.1, 0.15) is 51.0 Å². The number of fused-ring (bicyclic) bond motifs is 1. The van der Waals surface area contributed by atoms with Crippen LogP contribution in [0, 0.1) is 0 Å². The number of nitrogens with one attached hydrogen (secondary N) is 1. The van der Waals surface area contributed by atoms with E-state index in [1.54, 1.807) is 6.21 Å². The second kappa shape index (κ2) is 8.98. The zero-order chi connectivity index (χ0) is 15.6. The highest BCUT2D eigenvalue weighted by Crippen LogP contribution is 2.16. The van der Waals surface area contributed by atoms with Crippen LogP contribution in [0.3, 0.4) is 0 Å². The minimum absolute atomic E-state index is 0.00650. The van der Waals surface area contributed by atoms with Crippen molar-refractivity contribution in [3.05, 3.63) is 48.0 Å². The van der Waals surface area contributed by atoms with E-state index >= 15 is 0 Å². The Hall–Kier alpha value is -2.16.